The van der Waals surface area contributed by atoms with Crippen LogP contribution in [-0.4, -0.2) is 52.3 Å². The molecule has 12 heteroatoms. The Morgan fingerprint density at radius 2 is 1.89 bits per heavy atom. The smallest absolute Gasteiger partial charge is 0.388 e. The van der Waals surface area contributed by atoms with Crippen LogP contribution in [0.4, 0.5) is 34.8 Å². The summed E-state index contributed by atoms with van der Waals surface area (Å²) in [4.78, 5) is 20.0. The Kier molecular flexibility index (Phi) is 7.89. The highest BCUT2D eigenvalue weighted by Gasteiger charge is 2.42. The van der Waals surface area contributed by atoms with Crippen molar-refractivity contribution in [1.29, 1.82) is 0 Å². The van der Waals surface area contributed by atoms with Crippen molar-refractivity contribution < 1.29 is 27.0 Å². The summed E-state index contributed by atoms with van der Waals surface area (Å²) in [6.07, 6.45) is 5.94. The van der Waals surface area contributed by atoms with Gasteiger partial charge in [-0.3, -0.25) is 4.98 Å². The van der Waals surface area contributed by atoms with E-state index in [2.05, 4.69) is 36.8 Å². The van der Waals surface area contributed by atoms with Gasteiger partial charge in [0.1, 0.15) is 17.5 Å². The van der Waals surface area contributed by atoms with Gasteiger partial charge in [-0.15, -0.1) is 0 Å². The van der Waals surface area contributed by atoms with Crippen LogP contribution in [0.25, 0.3) is 33.4 Å². The largest absolute Gasteiger partial charge is 0.417 e. The van der Waals surface area contributed by atoms with Gasteiger partial charge in [0, 0.05) is 72.6 Å². The number of nitrogens with one attached hydrogen (secondary N) is 1. The minimum atomic E-state index is -3.01. The molecule has 236 valence electrons. The zero-order valence-corrected chi connectivity index (χ0v) is 25.1. The number of nitrogens with zero attached hydrogens (tertiary/aromatic N) is 5. The normalized spacial score (nSPS) is 19.5. The van der Waals surface area contributed by atoms with E-state index in [0.29, 0.717) is 76.8 Å². The second-order valence-corrected chi connectivity index (χ2v) is 11.7. The van der Waals surface area contributed by atoms with E-state index in [1.54, 1.807) is 37.5 Å². The minimum absolute atomic E-state index is 0.101. The molecule has 1 N–H and O–H groups in total. The Morgan fingerprint density at radius 1 is 1.04 bits per heavy atom. The lowest BCUT2D eigenvalue weighted by Crippen LogP contribution is -2.44. The summed E-state index contributed by atoms with van der Waals surface area (Å²) in [5.41, 5.74) is 3.76. The lowest BCUT2D eigenvalue weighted by molar-refractivity contribution is -0.0528. The predicted molar refractivity (Wildman–Crippen MR) is 166 cm³/mol. The third kappa shape index (κ3) is 5.92. The minimum Gasteiger partial charge on any atom is -0.417 e. The summed E-state index contributed by atoms with van der Waals surface area (Å²) in [5, 5.41) is 3.53. The number of alkyl halides is 2. The molecule has 0 bridgehead atoms. The van der Waals surface area contributed by atoms with Gasteiger partial charge >= 0.3 is 6.61 Å². The van der Waals surface area contributed by atoms with Crippen molar-refractivity contribution in [2.75, 3.05) is 29.9 Å². The summed E-state index contributed by atoms with van der Waals surface area (Å²) in [6, 6.07) is 12.2. The SMILES string of the molecule is Cc1c(-c2ccccn2)nc2cc(F)cc(F)c2c1Nc1cc(N2CCOC([C@H]3CC3C)C2)ncc1-c1ccc(OC(F)F)nc1. The van der Waals surface area contributed by atoms with Crippen molar-refractivity contribution >= 4 is 28.1 Å². The van der Waals surface area contributed by atoms with Crippen LogP contribution in [0.5, 0.6) is 5.88 Å². The Bertz CT molecular complexity index is 1890. The summed E-state index contributed by atoms with van der Waals surface area (Å²) < 4.78 is 66.1. The van der Waals surface area contributed by atoms with Crippen molar-refractivity contribution in [3.63, 3.8) is 0 Å². The van der Waals surface area contributed by atoms with Crippen molar-refractivity contribution in [2.45, 2.75) is 33.0 Å². The molecule has 46 heavy (non-hydrogen) atoms. The van der Waals surface area contributed by atoms with Crippen LogP contribution in [0.1, 0.15) is 18.9 Å². The van der Waals surface area contributed by atoms with Gasteiger partial charge in [-0.05, 0) is 43.4 Å². The molecule has 1 aliphatic carbocycles. The van der Waals surface area contributed by atoms with Gasteiger partial charge < -0.3 is 19.7 Å². The molecule has 0 amide bonds. The van der Waals surface area contributed by atoms with E-state index >= 15 is 4.39 Å². The van der Waals surface area contributed by atoms with Gasteiger partial charge in [-0.1, -0.05) is 13.0 Å². The first-order valence-electron chi connectivity index (χ1n) is 15.0. The molecule has 4 aromatic heterocycles. The highest BCUT2D eigenvalue weighted by atomic mass is 19.3. The van der Waals surface area contributed by atoms with E-state index in [1.165, 1.54) is 18.3 Å². The average Bonchev–Trinajstić information content (AvgIpc) is 3.79. The van der Waals surface area contributed by atoms with E-state index in [-0.39, 0.29) is 22.9 Å². The Balaban J connectivity index is 1.36. The zero-order valence-electron chi connectivity index (χ0n) is 25.1. The van der Waals surface area contributed by atoms with E-state index in [0.717, 1.165) is 12.5 Å². The van der Waals surface area contributed by atoms with Crippen LogP contribution in [0.2, 0.25) is 0 Å². The number of hydrogen-bond donors (Lipinski definition) is 1. The Hall–Kier alpha value is -4.84. The number of aromatic nitrogens is 4. The molecule has 7 rings (SSSR count). The fourth-order valence-electron chi connectivity index (χ4n) is 6.11. The molecule has 2 aliphatic rings. The quantitative estimate of drug-likeness (QED) is 0.176. The number of benzene rings is 1. The molecule has 1 saturated heterocycles. The van der Waals surface area contributed by atoms with E-state index < -0.39 is 18.2 Å². The molecule has 3 atom stereocenters. The molecule has 5 aromatic rings. The van der Waals surface area contributed by atoms with E-state index in [1.807, 2.05) is 12.1 Å². The summed E-state index contributed by atoms with van der Waals surface area (Å²) >= 11 is 0. The molecule has 1 aromatic carbocycles. The zero-order chi connectivity index (χ0) is 31.9. The predicted octanol–water partition coefficient (Wildman–Crippen LogP) is 7.55. The fourth-order valence-corrected chi connectivity index (χ4v) is 6.11. The maximum absolute atomic E-state index is 15.6. The van der Waals surface area contributed by atoms with Crippen LogP contribution >= 0.6 is 0 Å². The average molecular weight is 631 g/mol. The summed E-state index contributed by atoms with van der Waals surface area (Å²) in [7, 11) is 0. The second kappa shape index (κ2) is 12.2. The molecule has 8 nitrogen and oxygen atoms in total. The number of pyridine rings is 4. The van der Waals surface area contributed by atoms with Gasteiger partial charge in [-0.25, -0.2) is 23.7 Å². The van der Waals surface area contributed by atoms with E-state index in [9.17, 15) is 13.2 Å². The number of rotatable bonds is 8. The molecule has 1 aliphatic heterocycles. The standard InChI is InChI=1S/C34H30F4N6O2/c1-18-11-22(18)28-17-44(9-10-45-28)29-14-26(23(16-40-29)20-6-7-30(41-15-20)46-34(37)38)42-33-19(2)32(25-5-3-4-8-39-25)43-27-13-21(35)12-24(36)31(27)33/h3-8,12-16,18,22,28,34H,9-11,17H2,1-2H3,(H,40,42,43)/t18?,22-,28?/m0/s1. The summed E-state index contributed by atoms with van der Waals surface area (Å²) in [5.74, 6) is 0.0610. The topological polar surface area (TPSA) is 85.3 Å². The van der Waals surface area contributed by atoms with Crippen molar-refractivity contribution in [3.05, 3.63) is 84.3 Å². The molecule has 0 spiro atoms. The first kappa shape index (κ1) is 29.8. The third-order valence-corrected chi connectivity index (χ3v) is 8.63. The van der Waals surface area contributed by atoms with Crippen LogP contribution in [-0.2, 0) is 4.74 Å². The van der Waals surface area contributed by atoms with Gasteiger partial charge in [0.15, 0.2) is 0 Å². The van der Waals surface area contributed by atoms with Crippen LogP contribution in [0.15, 0.2) is 67.1 Å². The number of morpholine rings is 1. The fraction of sp³-hybridized carbons (Fsp3) is 0.294. The maximum atomic E-state index is 15.6. The van der Waals surface area contributed by atoms with Crippen LogP contribution in [0.3, 0.4) is 0 Å². The van der Waals surface area contributed by atoms with Gasteiger partial charge in [0.05, 0.1) is 46.4 Å². The van der Waals surface area contributed by atoms with Crippen molar-refractivity contribution in [3.8, 4) is 28.4 Å². The van der Waals surface area contributed by atoms with Crippen LogP contribution in [0, 0.1) is 30.4 Å². The second-order valence-electron chi connectivity index (χ2n) is 11.7. The highest BCUT2D eigenvalue weighted by molar-refractivity contribution is 5.99. The molecule has 2 unspecified atom stereocenters. The first-order valence-corrected chi connectivity index (χ1v) is 15.0. The monoisotopic (exact) mass is 630 g/mol. The highest BCUT2D eigenvalue weighted by Crippen LogP contribution is 2.44. The van der Waals surface area contributed by atoms with Gasteiger partial charge in [0.2, 0.25) is 5.88 Å². The molecule has 1 saturated carbocycles. The molecule has 5 heterocycles. The molecule has 0 radical (unpaired) electrons. The van der Waals surface area contributed by atoms with Gasteiger partial charge in [0.25, 0.3) is 0 Å². The third-order valence-electron chi connectivity index (χ3n) is 8.63. The lowest BCUT2D eigenvalue weighted by Gasteiger charge is -2.34. The van der Waals surface area contributed by atoms with Gasteiger partial charge in [-0.2, -0.15) is 8.78 Å². The van der Waals surface area contributed by atoms with Crippen molar-refractivity contribution in [1.82, 2.24) is 19.9 Å². The van der Waals surface area contributed by atoms with Crippen LogP contribution < -0.4 is 15.0 Å². The van der Waals surface area contributed by atoms with Crippen molar-refractivity contribution in [2.24, 2.45) is 11.8 Å². The first-order chi connectivity index (χ1) is 22.2. The molecular formula is C34H30F4N6O2. The molecular weight excluding hydrogens is 600 g/mol. The molecule has 2 fully saturated rings. The number of hydrogen-bond acceptors (Lipinski definition) is 8. The van der Waals surface area contributed by atoms with E-state index in [4.69, 9.17) is 9.72 Å². The Morgan fingerprint density at radius 3 is 2.61 bits per heavy atom. The lowest BCUT2D eigenvalue weighted by atomic mass is 10.0. The Labute approximate surface area is 262 Å². The maximum Gasteiger partial charge on any atom is 0.388 e. The number of ether oxygens (including phenoxy) is 2. The number of halogens is 4. The number of anilines is 3. The number of fused-ring (bicyclic) bond motifs is 1. The summed E-state index contributed by atoms with van der Waals surface area (Å²) in [6.45, 7) is 2.89.